The lowest BCUT2D eigenvalue weighted by molar-refractivity contribution is -0.917. The lowest BCUT2D eigenvalue weighted by Crippen LogP contribution is -2.54. The maximum atomic E-state index is 11.5. The van der Waals surface area contributed by atoms with Gasteiger partial charge in [0.25, 0.3) is 0 Å². The van der Waals surface area contributed by atoms with Crippen LogP contribution in [-0.2, 0) is 0 Å². The van der Waals surface area contributed by atoms with Crippen molar-refractivity contribution in [2.75, 3.05) is 20.6 Å². The first-order valence-corrected chi connectivity index (χ1v) is 4.18. The summed E-state index contributed by atoms with van der Waals surface area (Å²) in [4.78, 5) is 11.5. The Morgan fingerprint density at radius 1 is 1.71 bits per heavy atom. The molecule has 4 nitrogen and oxygen atoms in total. The summed E-state index contributed by atoms with van der Waals surface area (Å²) >= 11 is 0. The van der Waals surface area contributed by atoms with Gasteiger partial charge in [0, 0.05) is 0 Å². The fourth-order valence-corrected chi connectivity index (χ4v) is 1.01. The van der Waals surface area contributed by atoms with E-state index in [9.17, 15) is 4.79 Å². The van der Waals surface area contributed by atoms with Gasteiger partial charge in [-0.15, -0.1) is 6.42 Å². The maximum absolute atomic E-state index is 11.5. The highest BCUT2D eigenvalue weighted by molar-refractivity contribution is 5.90. The van der Waals surface area contributed by atoms with Crippen molar-refractivity contribution in [2.45, 2.75) is 0 Å². The molecule has 0 aliphatic rings. The van der Waals surface area contributed by atoms with E-state index >= 15 is 0 Å². The molecule has 0 fully saturated rings. The molecule has 0 atom stereocenters. The Morgan fingerprint density at radius 3 is 2.93 bits per heavy atom. The maximum Gasteiger partial charge on any atom is 0.331 e. The summed E-state index contributed by atoms with van der Waals surface area (Å²) in [7, 11) is 3.61. The molecule has 74 valence electrons. The minimum atomic E-state index is -0.268. The monoisotopic (exact) mass is 193 g/mol. The Hall–Kier alpha value is -1.73. The second-order valence-corrected chi connectivity index (χ2v) is 3.47. The number of nitrogens with zero attached hydrogens (tertiary/aromatic N) is 1. The number of terminal acetylenes is 1. The zero-order chi connectivity index (χ0) is 10.6. The fraction of sp³-hybridized carbons (Fsp3) is 0.300. The van der Waals surface area contributed by atoms with Crippen LogP contribution in [0.3, 0.4) is 0 Å². The van der Waals surface area contributed by atoms with Crippen molar-refractivity contribution in [3.8, 4) is 12.3 Å². The van der Waals surface area contributed by atoms with Crippen LogP contribution in [0.15, 0.2) is 22.8 Å². The highest BCUT2D eigenvalue weighted by Gasteiger charge is 2.20. The van der Waals surface area contributed by atoms with E-state index in [0.29, 0.717) is 6.54 Å². The molecule has 0 unspecified atom stereocenters. The number of amides is 1. The average molecular weight is 193 g/mol. The third kappa shape index (κ3) is 2.64. The van der Waals surface area contributed by atoms with Gasteiger partial charge in [0.1, 0.15) is 0 Å². The van der Waals surface area contributed by atoms with Gasteiger partial charge in [0.2, 0.25) is 0 Å². The minimum absolute atomic E-state index is 0.232. The van der Waals surface area contributed by atoms with E-state index in [1.54, 1.807) is 26.2 Å². The molecule has 1 heterocycles. The molecule has 0 aliphatic heterocycles. The Labute approximate surface area is 83.1 Å². The van der Waals surface area contributed by atoms with Crippen LogP contribution in [0.2, 0.25) is 0 Å². The zero-order valence-corrected chi connectivity index (χ0v) is 8.28. The van der Waals surface area contributed by atoms with Gasteiger partial charge in [0.05, 0.1) is 20.4 Å². The Bertz CT molecular complexity index is 347. The highest BCUT2D eigenvalue weighted by Crippen LogP contribution is 2.01. The first-order valence-electron chi connectivity index (χ1n) is 4.18. The molecule has 0 saturated carbocycles. The highest BCUT2D eigenvalue weighted by atomic mass is 16.3. The average Bonchev–Trinajstić information content (AvgIpc) is 2.53. The van der Waals surface area contributed by atoms with Gasteiger partial charge in [-0.1, -0.05) is 0 Å². The lowest BCUT2D eigenvalue weighted by Gasteiger charge is -2.25. The largest absolute Gasteiger partial charge is 0.459 e. The second kappa shape index (κ2) is 3.99. The predicted octanol–water partition coefficient (Wildman–Crippen LogP) is 0.634. The van der Waals surface area contributed by atoms with E-state index in [4.69, 9.17) is 10.8 Å². The van der Waals surface area contributed by atoms with Gasteiger partial charge in [-0.2, -0.15) is 5.43 Å². The van der Waals surface area contributed by atoms with E-state index < -0.39 is 0 Å². The Balaban J connectivity index is 2.62. The SMILES string of the molecule is C#CC[N+](C)(C)NC(=O)c1ccco1. The van der Waals surface area contributed by atoms with E-state index in [0.717, 1.165) is 0 Å². The summed E-state index contributed by atoms with van der Waals surface area (Å²) in [6.45, 7) is 0.423. The summed E-state index contributed by atoms with van der Waals surface area (Å²) in [5.41, 5.74) is 2.72. The van der Waals surface area contributed by atoms with Crippen LogP contribution in [0.25, 0.3) is 0 Å². The number of hydrogen-bond donors (Lipinski definition) is 1. The predicted molar refractivity (Wildman–Crippen MR) is 52.0 cm³/mol. The van der Waals surface area contributed by atoms with E-state index in [-0.39, 0.29) is 16.3 Å². The molecular weight excluding hydrogens is 180 g/mol. The normalized spacial score (nSPS) is 10.6. The topological polar surface area (TPSA) is 42.2 Å². The van der Waals surface area contributed by atoms with Crippen LogP contribution in [0.5, 0.6) is 0 Å². The van der Waals surface area contributed by atoms with Crippen molar-refractivity contribution in [2.24, 2.45) is 0 Å². The number of carbonyl (C=O) groups excluding carboxylic acids is 1. The van der Waals surface area contributed by atoms with Crippen molar-refractivity contribution in [1.29, 1.82) is 0 Å². The van der Waals surface area contributed by atoms with Gasteiger partial charge in [-0.3, -0.25) is 4.79 Å². The molecule has 0 aliphatic carbocycles. The number of quaternary nitrogens is 1. The van der Waals surface area contributed by atoms with Crippen LogP contribution in [0, 0.1) is 12.3 Å². The standard InChI is InChI=1S/C10H12N2O2/c1-4-7-12(2,3)11-10(13)9-6-5-8-14-9/h1,5-6,8H,7H2,2-3H3/p+1. The quantitative estimate of drug-likeness (QED) is 0.434. The molecule has 1 aromatic heterocycles. The molecule has 0 bridgehead atoms. The molecule has 14 heavy (non-hydrogen) atoms. The Morgan fingerprint density at radius 2 is 2.43 bits per heavy atom. The van der Waals surface area contributed by atoms with E-state index in [1.807, 2.05) is 0 Å². The summed E-state index contributed by atoms with van der Waals surface area (Å²) in [5.74, 6) is 2.50. The first kappa shape index (κ1) is 10.4. The fourth-order valence-electron chi connectivity index (χ4n) is 1.01. The molecule has 1 N–H and O–H groups in total. The number of rotatable bonds is 3. The summed E-state index contributed by atoms with van der Waals surface area (Å²) in [5, 5.41) is 0. The second-order valence-electron chi connectivity index (χ2n) is 3.47. The summed E-state index contributed by atoms with van der Waals surface area (Å²) < 4.78 is 5.18. The van der Waals surface area contributed by atoms with Crippen molar-refractivity contribution in [3.63, 3.8) is 0 Å². The van der Waals surface area contributed by atoms with E-state index in [1.165, 1.54) is 6.26 Å². The molecule has 0 spiro atoms. The van der Waals surface area contributed by atoms with E-state index in [2.05, 4.69) is 11.3 Å². The van der Waals surface area contributed by atoms with Crippen molar-refractivity contribution >= 4 is 5.91 Å². The van der Waals surface area contributed by atoms with Crippen molar-refractivity contribution < 1.29 is 13.8 Å². The molecule has 1 amide bonds. The zero-order valence-electron chi connectivity index (χ0n) is 8.28. The molecule has 1 aromatic rings. The first-order chi connectivity index (χ1) is 6.55. The van der Waals surface area contributed by atoms with Crippen molar-refractivity contribution in [3.05, 3.63) is 24.2 Å². The lowest BCUT2D eigenvalue weighted by atomic mass is 10.4. The van der Waals surface area contributed by atoms with Crippen molar-refractivity contribution in [1.82, 2.24) is 5.43 Å². The van der Waals surface area contributed by atoms with Crippen LogP contribution in [-0.4, -0.2) is 31.1 Å². The smallest absolute Gasteiger partial charge is 0.331 e. The van der Waals surface area contributed by atoms with Gasteiger partial charge < -0.3 is 4.42 Å². The number of nitrogens with one attached hydrogen (secondary N) is 1. The van der Waals surface area contributed by atoms with Crippen LogP contribution in [0.4, 0.5) is 0 Å². The molecule has 0 aromatic carbocycles. The third-order valence-electron chi connectivity index (χ3n) is 1.64. The third-order valence-corrected chi connectivity index (χ3v) is 1.64. The van der Waals surface area contributed by atoms with Crippen LogP contribution < -0.4 is 5.43 Å². The molecular formula is C10H13N2O2+. The molecule has 0 saturated heterocycles. The van der Waals surface area contributed by atoms with Gasteiger partial charge in [-0.05, 0) is 18.1 Å². The van der Waals surface area contributed by atoms with Crippen LogP contribution in [0.1, 0.15) is 10.6 Å². The number of furan rings is 1. The minimum Gasteiger partial charge on any atom is -0.459 e. The molecule has 0 radical (unpaired) electrons. The molecule has 4 heteroatoms. The van der Waals surface area contributed by atoms with Crippen LogP contribution >= 0.6 is 0 Å². The molecule has 1 rings (SSSR count). The summed E-state index contributed by atoms with van der Waals surface area (Å²) in [6, 6.07) is 3.27. The number of hydrogen-bond acceptors (Lipinski definition) is 2. The summed E-state index contributed by atoms with van der Waals surface area (Å²) in [6.07, 6.45) is 6.62. The van der Waals surface area contributed by atoms with Gasteiger partial charge in [0.15, 0.2) is 12.3 Å². The van der Waals surface area contributed by atoms with Gasteiger partial charge >= 0.3 is 5.91 Å². The van der Waals surface area contributed by atoms with Gasteiger partial charge in [-0.25, -0.2) is 4.59 Å². The Kier molecular flexibility index (Phi) is 2.95. The number of carbonyl (C=O) groups is 1.